The summed E-state index contributed by atoms with van der Waals surface area (Å²) < 4.78 is 6.07. The van der Waals surface area contributed by atoms with Crippen LogP contribution in [-0.4, -0.2) is 16.9 Å². The molecule has 3 nitrogen and oxygen atoms in total. The molecular formula is C14H30N2O. The lowest BCUT2D eigenvalue weighted by Crippen LogP contribution is -2.37. The second-order valence-electron chi connectivity index (χ2n) is 7.36. The maximum atomic E-state index is 6.07. The molecule has 0 amide bonds. The van der Waals surface area contributed by atoms with Gasteiger partial charge in [-0.15, -0.1) is 0 Å². The molecule has 1 unspecified atom stereocenters. The van der Waals surface area contributed by atoms with Gasteiger partial charge in [0, 0.05) is 6.42 Å². The van der Waals surface area contributed by atoms with Crippen molar-refractivity contribution in [2.75, 3.05) is 0 Å². The highest BCUT2D eigenvalue weighted by Crippen LogP contribution is 2.29. The van der Waals surface area contributed by atoms with Gasteiger partial charge >= 0.3 is 0 Å². The molecule has 0 spiro atoms. The third kappa shape index (κ3) is 9.28. The summed E-state index contributed by atoms with van der Waals surface area (Å²) >= 11 is 0. The Morgan fingerprint density at radius 3 is 1.65 bits per heavy atom. The Kier molecular flexibility index (Phi) is 5.33. The standard InChI is InChI=1S/C14H30N2O/c1-11(2)10-14(9,17-13(6,7)8)16-15-12(3,4)5/h11H,10H2,1-9H3/b16-15+. The van der Waals surface area contributed by atoms with Gasteiger partial charge in [0.1, 0.15) is 0 Å². The van der Waals surface area contributed by atoms with Crippen LogP contribution in [0.1, 0.15) is 68.7 Å². The van der Waals surface area contributed by atoms with Gasteiger partial charge in [-0.05, 0) is 54.4 Å². The number of hydrogen-bond donors (Lipinski definition) is 0. The van der Waals surface area contributed by atoms with Crippen LogP contribution in [0.4, 0.5) is 0 Å². The van der Waals surface area contributed by atoms with E-state index in [9.17, 15) is 0 Å². The monoisotopic (exact) mass is 242 g/mol. The van der Waals surface area contributed by atoms with E-state index < -0.39 is 5.72 Å². The van der Waals surface area contributed by atoms with E-state index in [-0.39, 0.29) is 11.1 Å². The first kappa shape index (κ1) is 16.6. The van der Waals surface area contributed by atoms with Crippen LogP contribution in [0.5, 0.6) is 0 Å². The van der Waals surface area contributed by atoms with Gasteiger partial charge in [0.05, 0.1) is 11.1 Å². The van der Waals surface area contributed by atoms with Gasteiger partial charge in [0.25, 0.3) is 0 Å². The summed E-state index contributed by atoms with van der Waals surface area (Å²) in [6.45, 7) is 18.7. The normalized spacial score (nSPS) is 17.8. The van der Waals surface area contributed by atoms with Crippen LogP contribution in [0, 0.1) is 5.92 Å². The van der Waals surface area contributed by atoms with Crippen molar-refractivity contribution in [3.05, 3.63) is 0 Å². The first-order valence-electron chi connectivity index (χ1n) is 6.47. The maximum absolute atomic E-state index is 6.07. The van der Waals surface area contributed by atoms with E-state index in [0.29, 0.717) is 5.92 Å². The van der Waals surface area contributed by atoms with E-state index in [0.717, 1.165) is 6.42 Å². The largest absolute Gasteiger partial charge is 0.347 e. The van der Waals surface area contributed by atoms with Gasteiger partial charge in [-0.1, -0.05) is 13.8 Å². The lowest BCUT2D eigenvalue weighted by Gasteiger charge is -2.34. The van der Waals surface area contributed by atoms with Gasteiger partial charge in [-0.25, -0.2) is 0 Å². The van der Waals surface area contributed by atoms with Crippen molar-refractivity contribution < 1.29 is 4.74 Å². The fourth-order valence-electron chi connectivity index (χ4n) is 1.78. The van der Waals surface area contributed by atoms with E-state index in [4.69, 9.17) is 4.74 Å². The van der Waals surface area contributed by atoms with E-state index in [1.807, 2.05) is 27.7 Å². The van der Waals surface area contributed by atoms with Crippen LogP contribution in [0.2, 0.25) is 0 Å². The smallest absolute Gasteiger partial charge is 0.177 e. The fourth-order valence-corrected chi connectivity index (χ4v) is 1.78. The zero-order chi connectivity index (χ0) is 13.9. The minimum atomic E-state index is -0.528. The predicted molar refractivity (Wildman–Crippen MR) is 73.3 cm³/mol. The first-order valence-corrected chi connectivity index (χ1v) is 6.47. The molecule has 0 aliphatic rings. The molecule has 1 atom stereocenters. The molecule has 0 aromatic heterocycles. The van der Waals surface area contributed by atoms with E-state index >= 15 is 0 Å². The van der Waals surface area contributed by atoms with Gasteiger partial charge in [-0.2, -0.15) is 10.2 Å². The Balaban J connectivity index is 4.92. The van der Waals surface area contributed by atoms with Crippen molar-refractivity contribution in [1.29, 1.82) is 0 Å². The molecule has 0 aliphatic carbocycles. The average molecular weight is 242 g/mol. The van der Waals surface area contributed by atoms with Gasteiger partial charge in [0.15, 0.2) is 5.72 Å². The number of rotatable bonds is 4. The number of azo groups is 1. The zero-order valence-electron chi connectivity index (χ0n) is 13.1. The first-order chi connectivity index (χ1) is 7.33. The molecular weight excluding hydrogens is 212 g/mol. The van der Waals surface area contributed by atoms with Gasteiger partial charge in [0.2, 0.25) is 0 Å². The van der Waals surface area contributed by atoms with Crippen LogP contribution < -0.4 is 0 Å². The zero-order valence-corrected chi connectivity index (χ0v) is 13.1. The topological polar surface area (TPSA) is 34.0 Å². The third-order valence-corrected chi connectivity index (χ3v) is 1.87. The minimum absolute atomic E-state index is 0.153. The summed E-state index contributed by atoms with van der Waals surface area (Å²) in [4.78, 5) is 0. The maximum Gasteiger partial charge on any atom is 0.177 e. The van der Waals surface area contributed by atoms with Crippen molar-refractivity contribution in [1.82, 2.24) is 0 Å². The Hall–Kier alpha value is -0.440. The second-order valence-corrected chi connectivity index (χ2v) is 7.36. The molecule has 0 heterocycles. The molecule has 17 heavy (non-hydrogen) atoms. The number of nitrogens with zero attached hydrogens (tertiary/aromatic N) is 2. The fraction of sp³-hybridized carbons (Fsp3) is 1.00. The molecule has 0 N–H and O–H groups in total. The Bertz CT molecular complexity index is 258. The molecule has 0 radical (unpaired) electrons. The summed E-state index contributed by atoms with van der Waals surface area (Å²) in [5, 5.41) is 8.82. The van der Waals surface area contributed by atoms with Crippen molar-refractivity contribution in [3.63, 3.8) is 0 Å². The molecule has 3 heteroatoms. The predicted octanol–water partition coefficient (Wildman–Crippen LogP) is 4.81. The summed E-state index contributed by atoms with van der Waals surface area (Å²) in [5.74, 6) is 0.529. The molecule has 102 valence electrons. The van der Waals surface area contributed by atoms with Crippen molar-refractivity contribution in [3.8, 4) is 0 Å². The second kappa shape index (κ2) is 5.47. The van der Waals surface area contributed by atoms with Crippen molar-refractivity contribution >= 4 is 0 Å². The summed E-state index contributed by atoms with van der Waals surface area (Å²) in [5.41, 5.74) is -0.889. The van der Waals surface area contributed by atoms with Crippen LogP contribution >= 0.6 is 0 Å². The van der Waals surface area contributed by atoms with Crippen molar-refractivity contribution in [2.24, 2.45) is 16.1 Å². The molecule has 0 aromatic rings. The summed E-state index contributed by atoms with van der Waals surface area (Å²) in [6, 6.07) is 0. The molecule has 0 bridgehead atoms. The van der Waals surface area contributed by atoms with E-state index in [1.54, 1.807) is 0 Å². The highest BCUT2D eigenvalue weighted by Gasteiger charge is 2.32. The van der Waals surface area contributed by atoms with Gasteiger partial charge < -0.3 is 4.74 Å². The van der Waals surface area contributed by atoms with Crippen molar-refractivity contribution in [2.45, 2.75) is 85.6 Å². The Morgan fingerprint density at radius 2 is 1.35 bits per heavy atom. The summed E-state index contributed by atoms with van der Waals surface area (Å²) in [7, 11) is 0. The number of ether oxygens (including phenoxy) is 1. The SMILES string of the molecule is CC(C)CC(C)(/N=N/C(C)(C)C)OC(C)(C)C. The lowest BCUT2D eigenvalue weighted by atomic mass is 10.0. The quantitative estimate of drug-likeness (QED) is 0.651. The average Bonchev–Trinajstić information content (AvgIpc) is 1.94. The highest BCUT2D eigenvalue weighted by molar-refractivity contribution is 4.79. The molecule has 0 fully saturated rings. The third-order valence-electron chi connectivity index (χ3n) is 1.87. The highest BCUT2D eigenvalue weighted by atomic mass is 16.5. The molecule has 0 saturated heterocycles. The molecule has 0 rings (SSSR count). The van der Waals surface area contributed by atoms with E-state index in [1.165, 1.54) is 0 Å². The van der Waals surface area contributed by atoms with Gasteiger partial charge in [-0.3, -0.25) is 0 Å². The number of hydrogen-bond acceptors (Lipinski definition) is 3. The summed E-state index contributed by atoms with van der Waals surface area (Å²) in [6.07, 6.45) is 0.879. The molecule has 0 saturated carbocycles. The van der Waals surface area contributed by atoms with Crippen LogP contribution in [-0.2, 0) is 4.74 Å². The Labute approximate surface area is 107 Å². The minimum Gasteiger partial charge on any atom is -0.347 e. The molecule has 0 aliphatic heterocycles. The van der Waals surface area contributed by atoms with Crippen LogP contribution in [0.25, 0.3) is 0 Å². The van der Waals surface area contributed by atoms with Crippen LogP contribution in [0.15, 0.2) is 10.2 Å². The van der Waals surface area contributed by atoms with Crippen LogP contribution in [0.3, 0.4) is 0 Å². The Morgan fingerprint density at radius 1 is 0.882 bits per heavy atom. The molecule has 0 aromatic carbocycles. The van der Waals surface area contributed by atoms with E-state index in [2.05, 4.69) is 44.8 Å². The lowest BCUT2D eigenvalue weighted by molar-refractivity contribution is -0.130.